The topological polar surface area (TPSA) is 54.3 Å². The molecule has 2 amide bonds. The van der Waals surface area contributed by atoms with E-state index in [1.165, 1.54) is 0 Å². The average molecular weight is 325 g/mol. The van der Waals surface area contributed by atoms with Crippen molar-refractivity contribution in [1.29, 1.82) is 0 Å². The summed E-state index contributed by atoms with van der Waals surface area (Å²) in [7, 11) is 0. The van der Waals surface area contributed by atoms with Crippen molar-refractivity contribution < 1.29 is 9.59 Å². The summed E-state index contributed by atoms with van der Waals surface area (Å²) in [6, 6.07) is 7.87. The molecule has 24 heavy (non-hydrogen) atoms. The number of hydrogen-bond acceptors (Lipinski definition) is 2. The van der Waals surface area contributed by atoms with Crippen LogP contribution in [0.2, 0.25) is 0 Å². The molecule has 0 bridgehead atoms. The van der Waals surface area contributed by atoms with E-state index in [9.17, 15) is 9.59 Å². The molecule has 2 fully saturated rings. The van der Waals surface area contributed by atoms with E-state index >= 15 is 0 Å². The van der Waals surface area contributed by atoms with Gasteiger partial charge in [-0.15, -0.1) is 0 Å². The number of anilines is 1. The normalized spacial score (nSPS) is 17.5. The highest BCUT2D eigenvalue weighted by Gasteiger charge is 2.29. The van der Waals surface area contributed by atoms with Gasteiger partial charge in [-0.05, 0) is 56.9 Å². The van der Waals surface area contributed by atoms with Gasteiger partial charge in [0.25, 0.3) is 5.91 Å². The minimum Gasteiger partial charge on any atom is -0.337 e. The smallest absolute Gasteiger partial charge is 0.270 e. The Bertz CT molecular complexity index is 798. The number of carbonyl (C=O) groups is 2. The number of aromatic nitrogens is 1. The summed E-state index contributed by atoms with van der Waals surface area (Å²) in [5.41, 5.74) is 2.61. The summed E-state index contributed by atoms with van der Waals surface area (Å²) in [6.07, 6.45) is 4.18. The Balaban J connectivity index is 1.66. The van der Waals surface area contributed by atoms with Gasteiger partial charge in [-0.3, -0.25) is 9.59 Å². The van der Waals surface area contributed by atoms with Crippen molar-refractivity contribution >= 4 is 28.4 Å². The van der Waals surface area contributed by atoms with Crippen LogP contribution in [0.5, 0.6) is 0 Å². The largest absolute Gasteiger partial charge is 0.337 e. The Morgan fingerprint density at radius 1 is 1.17 bits per heavy atom. The fourth-order valence-electron chi connectivity index (χ4n) is 3.54. The van der Waals surface area contributed by atoms with E-state index in [0.717, 1.165) is 67.6 Å². The molecule has 0 radical (unpaired) electrons. The number of carbonyl (C=O) groups excluding carboxylic acids is 2. The third kappa shape index (κ3) is 2.68. The van der Waals surface area contributed by atoms with Gasteiger partial charge in [0.15, 0.2) is 0 Å². The maximum Gasteiger partial charge on any atom is 0.270 e. The van der Waals surface area contributed by atoms with Crippen molar-refractivity contribution in [3.05, 3.63) is 30.0 Å². The van der Waals surface area contributed by atoms with Gasteiger partial charge >= 0.3 is 0 Å². The molecule has 5 heteroatoms. The molecule has 0 atom stereocenters. The highest BCUT2D eigenvalue weighted by Crippen LogP contribution is 2.31. The zero-order valence-corrected chi connectivity index (χ0v) is 14.0. The first-order chi connectivity index (χ1) is 11.7. The molecular weight excluding hydrogens is 302 g/mol. The quantitative estimate of drug-likeness (QED) is 0.938. The molecule has 1 saturated carbocycles. The number of nitrogens with one attached hydrogen (secondary N) is 1. The molecular formula is C19H23N3O2. The van der Waals surface area contributed by atoms with Crippen LogP contribution in [0.15, 0.2) is 24.3 Å². The van der Waals surface area contributed by atoms with Crippen molar-refractivity contribution in [2.24, 2.45) is 5.92 Å². The van der Waals surface area contributed by atoms with E-state index < -0.39 is 0 Å². The molecule has 126 valence electrons. The van der Waals surface area contributed by atoms with Crippen LogP contribution in [-0.2, 0) is 11.3 Å². The Hall–Kier alpha value is -2.30. The molecule has 0 spiro atoms. The first-order valence-corrected chi connectivity index (χ1v) is 8.91. The highest BCUT2D eigenvalue weighted by molar-refractivity contribution is 6.01. The van der Waals surface area contributed by atoms with Crippen molar-refractivity contribution in [1.82, 2.24) is 9.47 Å². The highest BCUT2D eigenvalue weighted by atomic mass is 16.2. The van der Waals surface area contributed by atoms with Crippen molar-refractivity contribution in [2.75, 3.05) is 18.4 Å². The van der Waals surface area contributed by atoms with Gasteiger partial charge in [0.2, 0.25) is 5.91 Å². The van der Waals surface area contributed by atoms with Crippen molar-refractivity contribution in [2.45, 2.75) is 39.2 Å². The predicted octanol–water partition coefficient (Wildman–Crippen LogP) is 3.25. The Kier molecular flexibility index (Phi) is 3.79. The van der Waals surface area contributed by atoms with Crippen LogP contribution in [0.4, 0.5) is 5.69 Å². The lowest BCUT2D eigenvalue weighted by atomic mass is 10.2. The Morgan fingerprint density at radius 2 is 1.92 bits per heavy atom. The van der Waals surface area contributed by atoms with Crippen LogP contribution in [0.3, 0.4) is 0 Å². The number of aryl methyl sites for hydroxylation is 1. The summed E-state index contributed by atoms with van der Waals surface area (Å²) >= 11 is 0. The van der Waals surface area contributed by atoms with E-state index in [0.29, 0.717) is 0 Å². The molecule has 1 aromatic carbocycles. The number of hydrogen-bond donors (Lipinski definition) is 1. The molecule has 5 nitrogen and oxygen atoms in total. The summed E-state index contributed by atoms with van der Waals surface area (Å²) in [5.74, 6) is 0.417. The molecule has 0 unspecified atom stereocenters. The maximum absolute atomic E-state index is 12.8. The predicted molar refractivity (Wildman–Crippen MR) is 94.1 cm³/mol. The number of nitrogens with zero attached hydrogens (tertiary/aromatic N) is 2. The van der Waals surface area contributed by atoms with Gasteiger partial charge in [-0.2, -0.15) is 0 Å². The number of likely N-dealkylation sites (tertiary alicyclic amines) is 1. The number of amides is 2. The van der Waals surface area contributed by atoms with Crippen LogP contribution < -0.4 is 5.32 Å². The molecule has 1 saturated heterocycles. The zero-order chi connectivity index (χ0) is 16.7. The number of fused-ring (bicyclic) bond motifs is 1. The Labute approximate surface area is 141 Å². The molecule has 1 aromatic heterocycles. The Morgan fingerprint density at radius 3 is 2.58 bits per heavy atom. The lowest BCUT2D eigenvalue weighted by molar-refractivity contribution is -0.117. The lowest BCUT2D eigenvalue weighted by Gasteiger charge is -2.16. The fourth-order valence-corrected chi connectivity index (χ4v) is 3.54. The van der Waals surface area contributed by atoms with E-state index in [4.69, 9.17) is 0 Å². The van der Waals surface area contributed by atoms with Crippen LogP contribution in [0.1, 0.15) is 43.1 Å². The van der Waals surface area contributed by atoms with E-state index in [1.54, 1.807) is 0 Å². The summed E-state index contributed by atoms with van der Waals surface area (Å²) in [6.45, 7) is 4.52. The molecule has 1 aliphatic heterocycles. The zero-order valence-electron chi connectivity index (χ0n) is 14.0. The fraction of sp³-hybridized carbons (Fsp3) is 0.474. The van der Waals surface area contributed by atoms with Gasteiger partial charge in [0.1, 0.15) is 5.69 Å². The SMILES string of the molecule is CCn1c(C(=O)N2CCCC2)cc2cc(NC(=O)C3CC3)ccc21. The van der Waals surface area contributed by atoms with E-state index in [1.807, 2.05) is 29.2 Å². The van der Waals surface area contributed by atoms with Crippen LogP contribution in [0.25, 0.3) is 10.9 Å². The molecule has 1 aliphatic carbocycles. The lowest BCUT2D eigenvalue weighted by Crippen LogP contribution is -2.29. The van der Waals surface area contributed by atoms with Gasteiger partial charge in [-0.1, -0.05) is 0 Å². The maximum atomic E-state index is 12.8. The molecule has 4 rings (SSSR count). The van der Waals surface area contributed by atoms with Crippen LogP contribution >= 0.6 is 0 Å². The molecule has 2 aromatic rings. The van der Waals surface area contributed by atoms with Gasteiger partial charge in [0, 0.05) is 42.1 Å². The van der Waals surface area contributed by atoms with Crippen molar-refractivity contribution in [3.63, 3.8) is 0 Å². The summed E-state index contributed by atoms with van der Waals surface area (Å²) < 4.78 is 2.07. The van der Waals surface area contributed by atoms with Crippen LogP contribution in [-0.4, -0.2) is 34.4 Å². The second-order valence-electron chi connectivity index (χ2n) is 6.81. The third-order valence-corrected chi connectivity index (χ3v) is 5.05. The third-order valence-electron chi connectivity index (χ3n) is 5.05. The van der Waals surface area contributed by atoms with Gasteiger partial charge in [0.05, 0.1) is 0 Å². The van der Waals surface area contributed by atoms with Gasteiger partial charge < -0.3 is 14.8 Å². The number of benzene rings is 1. The van der Waals surface area contributed by atoms with Gasteiger partial charge in [-0.25, -0.2) is 0 Å². The van der Waals surface area contributed by atoms with Crippen molar-refractivity contribution in [3.8, 4) is 0 Å². The van der Waals surface area contributed by atoms with E-state index in [-0.39, 0.29) is 17.7 Å². The molecule has 1 N–H and O–H groups in total. The van der Waals surface area contributed by atoms with E-state index in [2.05, 4.69) is 16.8 Å². The second kappa shape index (κ2) is 5.96. The summed E-state index contributed by atoms with van der Waals surface area (Å²) in [5, 5.41) is 3.99. The van der Waals surface area contributed by atoms with Crippen LogP contribution in [0, 0.1) is 5.92 Å². The molecule has 2 aliphatic rings. The molecule has 2 heterocycles. The second-order valence-corrected chi connectivity index (χ2v) is 6.81. The first kappa shape index (κ1) is 15.2. The monoisotopic (exact) mass is 325 g/mol. The summed E-state index contributed by atoms with van der Waals surface area (Å²) in [4.78, 5) is 26.7. The standard InChI is InChI=1S/C19H23N3O2/c1-2-22-16-8-7-15(20-18(23)13-5-6-13)11-14(16)12-17(22)19(24)21-9-3-4-10-21/h7-8,11-13H,2-6,9-10H2,1H3,(H,20,23). The minimum absolute atomic E-state index is 0.109. The average Bonchev–Trinajstić information content (AvgIpc) is 3.17. The minimum atomic E-state index is 0.109. The first-order valence-electron chi connectivity index (χ1n) is 8.91. The number of rotatable bonds is 4.